The van der Waals surface area contributed by atoms with Crippen LogP contribution in [0.2, 0.25) is 0 Å². The maximum Gasteiger partial charge on any atom is 0.222 e. The number of hydrogen-bond acceptors (Lipinski definition) is 4. The van der Waals surface area contributed by atoms with Crippen LogP contribution < -0.4 is 5.73 Å². The number of nitrogens with two attached hydrogens (primary N) is 1. The maximum absolute atomic E-state index is 12.0. The summed E-state index contributed by atoms with van der Waals surface area (Å²) in [5.41, 5.74) is 6.36. The molecule has 0 aromatic carbocycles. The Morgan fingerprint density at radius 1 is 1.53 bits per heavy atom. The van der Waals surface area contributed by atoms with Crippen LogP contribution in [0.3, 0.4) is 0 Å². The predicted octanol–water partition coefficient (Wildman–Crippen LogP) is 2.10. The summed E-state index contributed by atoms with van der Waals surface area (Å²) >= 11 is 0. The number of aryl methyl sites for hydroxylation is 1. The van der Waals surface area contributed by atoms with E-state index in [-0.39, 0.29) is 5.91 Å². The first kappa shape index (κ1) is 15.7. The zero-order valence-corrected chi connectivity index (χ0v) is 12.2. The highest BCUT2D eigenvalue weighted by molar-refractivity contribution is 5.75. The molecular weight excluding hydrogens is 242 g/mol. The minimum Gasteiger partial charge on any atom is -0.361 e. The number of rotatable bonds is 8. The molecule has 5 nitrogen and oxygen atoms in total. The Morgan fingerprint density at radius 2 is 2.26 bits per heavy atom. The molecule has 0 saturated carbocycles. The highest BCUT2D eigenvalue weighted by atomic mass is 16.5. The summed E-state index contributed by atoms with van der Waals surface area (Å²) in [5.74, 6) is 1.47. The van der Waals surface area contributed by atoms with E-state index >= 15 is 0 Å². The fraction of sp³-hybridized carbons (Fsp3) is 0.714. The Kier molecular flexibility index (Phi) is 6.56. The molecule has 1 atom stereocenters. The minimum atomic E-state index is 0.149. The van der Waals surface area contributed by atoms with Crippen molar-refractivity contribution < 1.29 is 9.32 Å². The third-order valence-electron chi connectivity index (χ3n) is 3.42. The first-order valence-electron chi connectivity index (χ1n) is 6.93. The van der Waals surface area contributed by atoms with E-state index in [0.717, 1.165) is 30.7 Å². The number of carbonyl (C=O) groups excluding carboxylic acids is 1. The second kappa shape index (κ2) is 7.94. The summed E-state index contributed by atoms with van der Waals surface area (Å²) in [6, 6.07) is 1.85. The second-order valence-electron chi connectivity index (χ2n) is 5.07. The molecule has 1 aromatic heterocycles. The van der Waals surface area contributed by atoms with Crippen molar-refractivity contribution in [2.75, 3.05) is 13.6 Å². The summed E-state index contributed by atoms with van der Waals surface area (Å²) in [5, 5.41) is 3.89. The molecule has 1 heterocycles. The Bertz CT molecular complexity index is 390. The van der Waals surface area contributed by atoms with Gasteiger partial charge in [-0.3, -0.25) is 4.79 Å². The van der Waals surface area contributed by atoms with Crippen LogP contribution in [0.25, 0.3) is 0 Å². The topological polar surface area (TPSA) is 72.4 Å². The van der Waals surface area contributed by atoms with Gasteiger partial charge in [0, 0.05) is 19.5 Å². The van der Waals surface area contributed by atoms with Crippen LogP contribution in [0.1, 0.15) is 44.1 Å². The van der Waals surface area contributed by atoms with Gasteiger partial charge in [0.05, 0.1) is 6.54 Å². The fourth-order valence-corrected chi connectivity index (χ4v) is 2.13. The summed E-state index contributed by atoms with van der Waals surface area (Å²) in [7, 11) is 1.80. The van der Waals surface area contributed by atoms with Gasteiger partial charge in [-0.15, -0.1) is 0 Å². The monoisotopic (exact) mass is 267 g/mol. The fourth-order valence-electron chi connectivity index (χ4n) is 2.13. The van der Waals surface area contributed by atoms with Crippen LogP contribution in [0, 0.1) is 12.8 Å². The van der Waals surface area contributed by atoms with E-state index in [9.17, 15) is 4.79 Å². The van der Waals surface area contributed by atoms with Crippen molar-refractivity contribution in [1.29, 1.82) is 0 Å². The standard InChI is InChI=1S/C14H25N3O2/c1-4-12(7-8-15)5-6-14(18)17(3)10-13-9-11(2)19-16-13/h9,12H,4-8,10,15H2,1-3H3. The van der Waals surface area contributed by atoms with Crippen molar-refractivity contribution >= 4 is 5.91 Å². The molecule has 1 amide bonds. The summed E-state index contributed by atoms with van der Waals surface area (Å²) in [6.07, 6.45) is 3.56. The average molecular weight is 267 g/mol. The molecule has 19 heavy (non-hydrogen) atoms. The van der Waals surface area contributed by atoms with E-state index in [0.29, 0.717) is 25.4 Å². The smallest absolute Gasteiger partial charge is 0.222 e. The van der Waals surface area contributed by atoms with Crippen LogP contribution >= 0.6 is 0 Å². The van der Waals surface area contributed by atoms with Gasteiger partial charge in [-0.05, 0) is 32.2 Å². The Morgan fingerprint density at radius 3 is 2.79 bits per heavy atom. The van der Waals surface area contributed by atoms with E-state index in [1.807, 2.05) is 13.0 Å². The first-order valence-corrected chi connectivity index (χ1v) is 6.93. The number of nitrogens with zero attached hydrogens (tertiary/aromatic N) is 2. The van der Waals surface area contributed by atoms with Crippen LogP contribution in [0.4, 0.5) is 0 Å². The van der Waals surface area contributed by atoms with Gasteiger partial charge in [0.15, 0.2) is 0 Å². The van der Waals surface area contributed by atoms with Gasteiger partial charge in [0.2, 0.25) is 5.91 Å². The lowest BCUT2D eigenvalue weighted by molar-refractivity contribution is -0.130. The van der Waals surface area contributed by atoms with Crippen LogP contribution in [-0.4, -0.2) is 29.6 Å². The average Bonchev–Trinajstić information content (AvgIpc) is 2.79. The summed E-state index contributed by atoms with van der Waals surface area (Å²) in [4.78, 5) is 13.7. The number of aromatic nitrogens is 1. The third kappa shape index (κ3) is 5.42. The van der Waals surface area contributed by atoms with Crippen molar-refractivity contribution in [2.24, 2.45) is 11.7 Å². The molecule has 0 spiro atoms. The molecule has 0 aliphatic heterocycles. The second-order valence-corrected chi connectivity index (χ2v) is 5.07. The van der Waals surface area contributed by atoms with Crippen molar-refractivity contribution in [3.63, 3.8) is 0 Å². The molecule has 0 saturated heterocycles. The SMILES string of the molecule is CCC(CCN)CCC(=O)N(C)Cc1cc(C)on1. The minimum absolute atomic E-state index is 0.149. The Hall–Kier alpha value is -1.36. The van der Waals surface area contributed by atoms with Crippen molar-refractivity contribution in [3.8, 4) is 0 Å². The highest BCUT2D eigenvalue weighted by Crippen LogP contribution is 2.15. The Balaban J connectivity index is 2.36. The number of amides is 1. The zero-order valence-electron chi connectivity index (χ0n) is 12.2. The molecular formula is C14H25N3O2. The van der Waals surface area contributed by atoms with Gasteiger partial charge in [-0.25, -0.2) is 0 Å². The lowest BCUT2D eigenvalue weighted by Gasteiger charge is -2.18. The molecule has 1 aromatic rings. The zero-order chi connectivity index (χ0) is 14.3. The molecule has 5 heteroatoms. The first-order chi connectivity index (χ1) is 9.06. The lowest BCUT2D eigenvalue weighted by atomic mass is 9.96. The molecule has 0 aliphatic rings. The summed E-state index contributed by atoms with van der Waals surface area (Å²) in [6.45, 7) is 5.19. The Labute approximate surface area is 115 Å². The number of carbonyl (C=O) groups is 1. The van der Waals surface area contributed by atoms with E-state index in [1.54, 1.807) is 11.9 Å². The summed E-state index contributed by atoms with van der Waals surface area (Å²) < 4.78 is 4.99. The normalized spacial score (nSPS) is 12.4. The van der Waals surface area contributed by atoms with Crippen LogP contribution in [-0.2, 0) is 11.3 Å². The van der Waals surface area contributed by atoms with Crippen LogP contribution in [0.5, 0.6) is 0 Å². The predicted molar refractivity (Wildman–Crippen MR) is 74.4 cm³/mol. The van der Waals surface area contributed by atoms with Gasteiger partial charge < -0.3 is 15.2 Å². The molecule has 0 radical (unpaired) electrons. The van der Waals surface area contributed by atoms with E-state index in [2.05, 4.69) is 12.1 Å². The van der Waals surface area contributed by atoms with Crippen LogP contribution in [0.15, 0.2) is 10.6 Å². The van der Waals surface area contributed by atoms with E-state index in [4.69, 9.17) is 10.3 Å². The molecule has 2 N–H and O–H groups in total. The number of hydrogen-bond donors (Lipinski definition) is 1. The molecule has 108 valence electrons. The van der Waals surface area contributed by atoms with Crippen molar-refractivity contribution in [2.45, 2.75) is 46.1 Å². The molecule has 1 unspecified atom stereocenters. The van der Waals surface area contributed by atoms with Gasteiger partial charge in [-0.2, -0.15) is 0 Å². The van der Waals surface area contributed by atoms with Crippen molar-refractivity contribution in [3.05, 3.63) is 17.5 Å². The highest BCUT2D eigenvalue weighted by Gasteiger charge is 2.14. The van der Waals surface area contributed by atoms with Gasteiger partial charge in [0.1, 0.15) is 11.5 Å². The molecule has 0 bridgehead atoms. The largest absolute Gasteiger partial charge is 0.361 e. The van der Waals surface area contributed by atoms with Gasteiger partial charge >= 0.3 is 0 Å². The molecule has 0 fully saturated rings. The van der Waals surface area contributed by atoms with E-state index < -0.39 is 0 Å². The van der Waals surface area contributed by atoms with Gasteiger partial charge in [0.25, 0.3) is 0 Å². The van der Waals surface area contributed by atoms with E-state index in [1.165, 1.54) is 0 Å². The van der Waals surface area contributed by atoms with Gasteiger partial charge in [-0.1, -0.05) is 18.5 Å². The maximum atomic E-state index is 12.0. The third-order valence-corrected chi connectivity index (χ3v) is 3.42. The van der Waals surface area contributed by atoms with Crippen molar-refractivity contribution in [1.82, 2.24) is 10.1 Å². The lowest BCUT2D eigenvalue weighted by Crippen LogP contribution is -2.26. The molecule has 1 rings (SSSR count). The quantitative estimate of drug-likeness (QED) is 0.783. The molecule has 0 aliphatic carbocycles.